The third-order valence-electron chi connectivity index (χ3n) is 6.21. The lowest BCUT2D eigenvalue weighted by molar-refractivity contribution is 0.204. The third kappa shape index (κ3) is 3.79. The molecule has 7 heteroatoms. The molecule has 0 amide bonds. The lowest BCUT2D eigenvalue weighted by atomic mass is 9.58. The summed E-state index contributed by atoms with van der Waals surface area (Å²) >= 11 is 0. The molecule has 0 saturated carbocycles. The Morgan fingerprint density at radius 2 is 1.84 bits per heavy atom. The molecule has 0 aromatic heterocycles. The molecule has 2 aliphatic rings. The van der Waals surface area contributed by atoms with E-state index in [0.717, 1.165) is 24.1 Å². The van der Waals surface area contributed by atoms with Gasteiger partial charge in [0.2, 0.25) is 0 Å². The highest BCUT2D eigenvalue weighted by Crippen LogP contribution is 2.56. The minimum absolute atomic E-state index is 0.0257. The van der Waals surface area contributed by atoms with Crippen molar-refractivity contribution in [3.05, 3.63) is 46.7 Å². The summed E-state index contributed by atoms with van der Waals surface area (Å²) < 4.78 is 11.6. The van der Waals surface area contributed by atoms with Crippen LogP contribution in [0.1, 0.15) is 38.7 Å². The van der Waals surface area contributed by atoms with Gasteiger partial charge in [0.05, 0.1) is 36.6 Å². The maximum Gasteiger partial charge on any atom is 0.191 e. The van der Waals surface area contributed by atoms with Crippen molar-refractivity contribution in [2.45, 2.75) is 33.1 Å². The normalized spacial score (nSPS) is 22.1. The number of nitrogens with zero attached hydrogens (tertiary/aromatic N) is 4. The molecule has 0 saturated heterocycles. The number of ether oxygens (including phenoxy) is 2. The van der Waals surface area contributed by atoms with Crippen LogP contribution in [0.5, 0.6) is 11.5 Å². The molecule has 0 fully saturated rings. The zero-order valence-corrected chi connectivity index (χ0v) is 18.9. The van der Waals surface area contributed by atoms with Gasteiger partial charge in [-0.15, -0.1) is 0 Å². The van der Waals surface area contributed by atoms with Gasteiger partial charge in [-0.2, -0.15) is 15.8 Å². The van der Waals surface area contributed by atoms with Crippen molar-refractivity contribution in [2.75, 3.05) is 32.8 Å². The average molecular weight is 432 g/mol. The van der Waals surface area contributed by atoms with Crippen LogP contribution < -0.4 is 15.2 Å². The van der Waals surface area contributed by atoms with Gasteiger partial charge in [0, 0.05) is 36.6 Å². The first-order valence-electron chi connectivity index (χ1n) is 11.1. The number of allylic oxidation sites excluding steroid dienone is 2. The predicted octanol–water partition coefficient (Wildman–Crippen LogP) is 3.62. The van der Waals surface area contributed by atoms with Gasteiger partial charge in [-0.3, -0.25) is 4.90 Å². The molecule has 0 spiro atoms. The van der Waals surface area contributed by atoms with Crippen LogP contribution in [-0.4, -0.2) is 37.7 Å². The molecule has 166 valence electrons. The van der Waals surface area contributed by atoms with Crippen LogP contribution in [0, 0.1) is 45.3 Å². The average Bonchev–Trinajstić information content (AvgIpc) is 2.80. The summed E-state index contributed by atoms with van der Waals surface area (Å²) in [5, 5.41) is 30.4. The molecule has 32 heavy (non-hydrogen) atoms. The zero-order valence-electron chi connectivity index (χ0n) is 18.9. The highest BCUT2D eigenvalue weighted by Gasteiger charge is 2.55. The number of fused-ring (bicyclic) bond motifs is 1. The fraction of sp³-hybridized carbons (Fsp3) is 0.480. The number of nitriles is 3. The Morgan fingerprint density at radius 3 is 2.44 bits per heavy atom. The molecule has 1 aliphatic heterocycles. The van der Waals surface area contributed by atoms with Gasteiger partial charge in [-0.1, -0.05) is 19.1 Å². The lowest BCUT2D eigenvalue weighted by Gasteiger charge is -2.45. The third-order valence-corrected chi connectivity index (χ3v) is 6.21. The highest BCUT2D eigenvalue weighted by molar-refractivity contribution is 5.61. The van der Waals surface area contributed by atoms with Gasteiger partial charge in [0.25, 0.3) is 0 Å². The van der Waals surface area contributed by atoms with E-state index in [0.29, 0.717) is 37.8 Å². The van der Waals surface area contributed by atoms with E-state index in [1.165, 1.54) is 0 Å². The first-order chi connectivity index (χ1) is 15.5. The van der Waals surface area contributed by atoms with Gasteiger partial charge < -0.3 is 15.2 Å². The summed E-state index contributed by atoms with van der Waals surface area (Å²) in [6.07, 6.45) is 3.01. The van der Waals surface area contributed by atoms with E-state index < -0.39 is 11.3 Å². The van der Waals surface area contributed by atoms with Gasteiger partial charge >= 0.3 is 0 Å². The van der Waals surface area contributed by atoms with Crippen molar-refractivity contribution in [1.82, 2.24) is 4.90 Å². The summed E-state index contributed by atoms with van der Waals surface area (Å²) in [6, 6.07) is 12.1. The fourth-order valence-corrected chi connectivity index (χ4v) is 4.89. The van der Waals surface area contributed by atoms with Gasteiger partial charge in [0.15, 0.2) is 5.41 Å². The summed E-state index contributed by atoms with van der Waals surface area (Å²) in [5.74, 6) is 0.396. The molecule has 0 radical (unpaired) electrons. The Labute approximate surface area is 189 Å². The van der Waals surface area contributed by atoms with Crippen molar-refractivity contribution >= 4 is 0 Å². The van der Waals surface area contributed by atoms with E-state index in [1.54, 1.807) is 6.07 Å². The molecular weight excluding hydrogens is 402 g/mol. The molecule has 1 heterocycles. The van der Waals surface area contributed by atoms with Crippen LogP contribution in [0.3, 0.4) is 0 Å². The van der Waals surface area contributed by atoms with Crippen molar-refractivity contribution in [1.29, 1.82) is 15.8 Å². The number of benzene rings is 1. The van der Waals surface area contributed by atoms with Gasteiger partial charge in [-0.05, 0) is 38.5 Å². The number of nitrogens with two attached hydrogens (primary N) is 1. The number of rotatable bonds is 7. The summed E-state index contributed by atoms with van der Waals surface area (Å²) in [4.78, 5) is 2.28. The Kier molecular flexibility index (Phi) is 7.08. The molecule has 7 nitrogen and oxygen atoms in total. The minimum atomic E-state index is -1.68. The molecule has 0 bridgehead atoms. The van der Waals surface area contributed by atoms with E-state index in [9.17, 15) is 15.8 Å². The summed E-state index contributed by atoms with van der Waals surface area (Å²) in [5.41, 5.74) is 6.57. The summed E-state index contributed by atoms with van der Waals surface area (Å²) in [6.45, 7) is 9.07. The Bertz CT molecular complexity index is 1040. The molecule has 1 aromatic rings. The van der Waals surface area contributed by atoms with E-state index in [2.05, 4.69) is 30.0 Å². The van der Waals surface area contributed by atoms with E-state index >= 15 is 0 Å². The monoisotopic (exact) mass is 431 g/mol. The topological polar surface area (TPSA) is 119 Å². The largest absolute Gasteiger partial charge is 0.494 e. The standard InChI is InChI=1S/C25H29N5O2/c1-4-10-30-11-9-18-20(13-26)24(29)25(15-27,16-28)23(21(18)14-30)19-8-7-17(31-5-2)12-22(19)32-6-3/h7-9,12,21,23H,4-6,10-11,14,29H2,1-3H3/t21-,23-/m0/s1. The zero-order chi connectivity index (χ0) is 23.3. The van der Waals surface area contributed by atoms with Crippen LogP contribution in [0.25, 0.3) is 0 Å². The van der Waals surface area contributed by atoms with Crippen LogP contribution in [-0.2, 0) is 0 Å². The smallest absolute Gasteiger partial charge is 0.191 e. The van der Waals surface area contributed by atoms with E-state index in [1.807, 2.05) is 32.1 Å². The molecule has 2 atom stereocenters. The van der Waals surface area contributed by atoms with Crippen LogP contribution in [0.2, 0.25) is 0 Å². The second-order valence-corrected chi connectivity index (χ2v) is 8.00. The second-order valence-electron chi connectivity index (χ2n) is 8.00. The van der Waals surface area contributed by atoms with Crippen molar-refractivity contribution in [3.8, 4) is 29.7 Å². The number of hydrogen-bond donors (Lipinski definition) is 1. The number of hydrogen-bond acceptors (Lipinski definition) is 7. The Hall–Kier alpha value is -3.47. The second kappa shape index (κ2) is 9.77. The lowest BCUT2D eigenvalue weighted by Crippen LogP contribution is -2.48. The van der Waals surface area contributed by atoms with Crippen molar-refractivity contribution < 1.29 is 9.47 Å². The first kappa shape index (κ1) is 23.2. The molecule has 2 N–H and O–H groups in total. The van der Waals surface area contributed by atoms with E-state index in [4.69, 9.17) is 15.2 Å². The minimum Gasteiger partial charge on any atom is -0.494 e. The maximum absolute atomic E-state index is 10.3. The van der Waals surface area contributed by atoms with Gasteiger partial charge in [0.1, 0.15) is 17.6 Å². The molecule has 0 unspecified atom stereocenters. The molecule has 1 aromatic carbocycles. The SMILES string of the molecule is CCCN1CC=C2C(C#N)=C(N)C(C#N)(C#N)[C@@H](c3ccc(OCC)cc3OCC)[C@H]2C1. The highest BCUT2D eigenvalue weighted by atomic mass is 16.5. The molecule has 3 rings (SSSR count). The Morgan fingerprint density at radius 1 is 1.12 bits per heavy atom. The predicted molar refractivity (Wildman–Crippen MR) is 120 cm³/mol. The van der Waals surface area contributed by atoms with Crippen LogP contribution >= 0.6 is 0 Å². The van der Waals surface area contributed by atoms with Crippen molar-refractivity contribution in [3.63, 3.8) is 0 Å². The fourth-order valence-electron chi connectivity index (χ4n) is 4.89. The maximum atomic E-state index is 10.3. The molecular formula is C25H29N5O2. The van der Waals surface area contributed by atoms with Crippen molar-refractivity contribution in [2.24, 2.45) is 17.1 Å². The quantitative estimate of drug-likeness (QED) is 0.700. The van der Waals surface area contributed by atoms with Gasteiger partial charge in [-0.25, -0.2) is 0 Å². The first-order valence-corrected chi connectivity index (χ1v) is 11.1. The van der Waals surface area contributed by atoms with Crippen LogP contribution in [0.15, 0.2) is 41.1 Å². The van der Waals surface area contributed by atoms with Crippen LogP contribution in [0.4, 0.5) is 0 Å². The van der Waals surface area contributed by atoms with E-state index in [-0.39, 0.29) is 17.2 Å². The molecule has 1 aliphatic carbocycles. The summed E-state index contributed by atoms with van der Waals surface area (Å²) in [7, 11) is 0. The Balaban J connectivity index is 2.28.